The molecule has 0 saturated carbocycles. The maximum atomic E-state index is 12.5. The molecular formula is C78H155NO5. The Kier molecular flexibility index (Phi) is 73.3. The molecule has 84 heavy (non-hydrogen) atoms. The highest BCUT2D eigenvalue weighted by molar-refractivity contribution is 5.76. The third kappa shape index (κ3) is 70.0. The molecule has 0 bridgehead atoms. The van der Waals surface area contributed by atoms with Gasteiger partial charge in [-0.1, -0.05) is 425 Å². The number of aliphatic hydroxyl groups is 2. The van der Waals surface area contributed by atoms with E-state index in [0.717, 1.165) is 38.5 Å². The minimum absolute atomic E-state index is 0.0251. The summed E-state index contributed by atoms with van der Waals surface area (Å²) in [5, 5.41) is 23.4. The second kappa shape index (κ2) is 74.3. The van der Waals surface area contributed by atoms with Crippen LogP contribution in [0.1, 0.15) is 463 Å². The zero-order chi connectivity index (χ0) is 60.6. The smallest absolute Gasteiger partial charge is 0.305 e. The summed E-state index contributed by atoms with van der Waals surface area (Å²) in [6.45, 7) is 5.02. The number of carbonyl (C=O) groups excluding carboxylic acids is 2. The van der Waals surface area contributed by atoms with E-state index in [0.29, 0.717) is 25.9 Å². The molecule has 2 unspecified atom stereocenters. The van der Waals surface area contributed by atoms with Gasteiger partial charge >= 0.3 is 5.97 Å². The maximum absolute atomic E-state index is 12.5. The molecule has 0 spiro atoms. The molecule has 3 N–H and O–H groups in total. The lowest BCUT2D eigenvalue weighted by atomic mass is 10.0. The quantitative estimate of drug-likeness (QED) is 0.0417. The molecule has 0 aliphatic heterocycles. The first-order chi connectivity index (χ1) is 41.5. The molecule has 0 heterocycles. The fourth-order valence-electron chi connectivity index (χ4n) is 12.9. The summed E-state index contributed by atoms with van der Waals surface area (Å²) < 4.78 is 5.52. The van der Waals surface area contributed by atoms with E-state index in [-0.39, 0.29) is 18.5 Å². The van der Waals surface area contributed by atoms with Gasteiger partial charge in [0.25, 0.3) is 0 Å². The molecule has 0 aliphatic carbocycles. The maximum Gasteiger partial charge on any atom is 0.305 e. The van der Waals surface area contributed by atoms with E-state index in [1.165, 1.54) is 392 Å². The van der Waals surface area contributed by atoms with Gasteiger partial charge in [-0.3, -0.25) is 9.59 Å². The van der Waals surface area contributed by atoms with Crippen molar-refractivity contribution in [2.45, 2.75) is 475 Å². The van der Waals surface area contributed by atoms with Crippen LogP contribution in [0.2, 0.25) is 0 Å². The van der Waals surface area contributed by atoms with Crippen molar-refractivity contribution >= 4 is 11.9 Å². The van der Waals surface area contributed by atoms with E-state index in [9.17, 15) is 19.8 Å². The lowest BCUT2D eigenvalue weighted by molar-refractivity contribution is -0.143. The summed E-state index contributed by atoms with van der Waals surface area (Å²) in [6.07, 6.45) is 91.9. The first-order valence-corrected chi connectivity index (χ1v) is 39.3. The van der Waals surface area contributed by atoms with Crippen molar-refractivity contribution in [3.8, 4) is 0 Å². The molecule has 0 rings (SSSR count). The summed E-state index contributed by atoms with van der Waals surface area (Å²) >= 11 is 0. The number of amides is 1. The first kappa shape index (κ1) is 82.9. The fraction of sp³-hybridized carbons (Fsp3) is 0.974. The molecule has 0 saturated heterocycles. The summed E-state index contributed by atoms with van der Waals surface area (Å²) in [6, 6.07) is -0.537. The highest BCUT2D eigenvalue weighted by Gasteiger charge is 2.20. The van der Waals surface area contributed by atoms with Gasteiger partial charge in [0.1, 0.15) is 0 Å². The molecule has 2 atom stereocenters. The van der Waals surface area contributed by atoms with Crippen molar-refractivity contribution in [1.82, 2.24) is 5.32 Å². The molecule has 1 amide bonds. The Balaban J connectivity index is 3.30. The molecule has 6 heteroatoms. The number of unbranched alkanes of at least 4 members (excludes halogenated alkanes) is 64. The molecule has 0 radical (unpaired) electrons. The zero-order valence-electron chi connectivity index (χ0n) is 57.7. The third-order valence-corrected chi connectivity index (χ3v) is 18.9. The van der Waals surface area contributed by atoms with Crippen LogP contribution in [-0.2, 0) is 14.3 Å². The second-order valence-electron chi connectivity index (χ2n) is 27.4. The van der Waals surface area contributed by atoms with Crippen LogP contribution in [0.3, 0.4) is 0 Å². The number of nitrogens with one attached hydrogen (secondary N) is 1. The predicted octanol–water partition coefficient (Wildman–Crippen LogP) is 25.7. The average Bonchev–Trinajstić information content (AvgIpc) is 3.51. The molecular weight excluding hydrogens is 1030 g/mol. The van der Waals surface area contributed by atoms with Crippen molar-refractivity contribution in [2.24, 2.45) is 0 Å². The largest absolute Gasteiger partial charge is 0.466 e. The zero-order valence-corrected chi connectivity index (χ0v) is 57.7. The van der Waals surface area contributed by atoms with Gasteiger partial charge in [-0.05, 0) is 25.7 Å². The van der Waals surface area contributed by atoms with Crippen LogP contribution in [0, 0.1) is 0 Å². The Morgan fingerprint density at radius 1 is 0.286 bits per heavy atom. The van der Waals surface area contributed by atoms with E-state index < -0.39 is 12.1 Å². The monoisotopic (exact) mass is 1190 g/mol. The minimum Gasteiger partial charge on any atom is -0.466 e. The van der Waals surface area contributed by atoms with Crippen LogP contribution in [0.25, 0.3) is 0 Å². The minimum atomic E-state index is -0.661. The van der Waals surface area contributed by atoms with Crippen LogP contribution in [0.5, 0.6) is 0 Å². The van der Waals surface area contributed by atoms with E-state index >= 15 is 0 Å². The summed E-state index contributed by atoms with van der Waals surface area (Å²) in [5.74, 6) is 0.00155. The normalized spacial score (nSPS) is 12.4. The van der Waals surface area contributed by atoms with Gasteiger partial charge in [-0.25, -0.2) is 0 Å². The van der Waals surface area contributed by atoms with Gasteiger partial charge in [0.05, 0.1) is 25.4 Å². The van der Waals surface area contributed by atoms with Crippen molar-refractivity contribution in [1.29, 1.82) is 0 Å². The Labute approximate surface area is 527 Å². The highest BCUT2D eigenvalue weighted by atomic mass is 16.5. The van der Waals surface area contributed by atoms with Gasteiger partial charge in [0.15, 0.2) is 0 Å². The highest BCUT2D eigenvalue weighted by Crippen LogP contribution is 2.21. The van der Waals surface area contributed by atoms with Crippen molar-refractivity contribution < 1.29 is 24.5 Å². The molecule has 0 aromatic carbocycles. The number of hydrogen-bond acceptors (Lipinski definition) is 5. The Hall–Kier alpha value is -1.14. The van der Waals surface area contributed by atoms with Gasteiger partial charge < -0.3 is 20.3 Å². The van der Waals surface area contributed by atoms with E-state index in [4.69, 9.17) is 4.74 Å². The summed E-state index contributed by atoms with van der Waals surface area (Å²) in [7, 11) is 0. The van der Waals surface area contributed by atoms with Crippen LogP contribution in [0.4, 0.5) is 0 Å². The van der Waals surface area contributed by atoms with Crippen LogP contribution < -0.4 is 5.32 Å². The van der Waals surface area contributed by atoms with Crippen LogP contribution in [-0.4, -0.2) is 47.4 Å². The number of rotatable bonds is 75. The van der Waals surface area contributed by atoms with Crippen LogP contribution >= 0.6 is 0 Å². The van der Waals surface area contributed by atoms with Crippen molar-refractivity contribution in [2.75, 3.05) is 13.2 Å². The lowest BCUT2D eigenvalue weighted by Gasteiger charge is -2.22. The number of ether oxygens (including phenoxy) is 1. The van der Waals surface area contributed by atoms with Gasteiger partial charge in [0, 0.05) is 12.8 Å². The Morgan fingerprint density at radius 3 is 0.726 bits per heavy atom. The summed E-state index contributed by atoms with van der Waals surface area (Å²) in [4.78, 5) is 24.7. The first-order valence-electron chi connectivity index (χ1n) is 39.3. The Morgan fingerprint density at radius 2 is 0.488 bits per heavy atom. The number of esters is 1. The second-order valence-corrected chi connectivity index (χ2v) is 27.4. The number of carbonyl (C=O) groups is 2. The van der Waals surface area contributed by atoms with Crippen LogP contribution in [0.15, 0.2) is 0 Å². The number of aliphatic hydroxyl groups excluding tert-OH is 2. The van der Waals surface area contributed by atoms with E-state index in [2.05, 4.69) is 19.2 Å². The fourth-order valence-corrected chi connectivity index (χ4v) is 12.9. The third-order valence-electron chi connectivity index (χ3n) is 18.9. The molecule has 6 nitrogen and oxygen atoms in total. The van der Waals surface area contributed by atoms with Crippen molar-refractivity contribution in [3.05, 3.63) is 0 Å². The van der Waals surface area contributed by atoms with Gasteiger partial charge in [-0.15, -0.1) is 0 Å². The van der Waals surface area contributed by atoms with Crippen molar-refractivity contribution in [3.63, 3.8) is 0 Å². The molecule has 0 fully saturated rings. The predicted molar refractivity (Wildman–Crippen MR) is 371 cm³/mol. The molecule has 0 aromatic heterocycles. The SMILES string of the molecule is CCCCCCCCCCCCCCCCCCCCC(O)C(CO)NC(=O)CCCCCCCCCCCCCCCCCCCCCCCCCCCCCCCCCCOC(=O)CCCCCCCCCCCCCCCCCCC. The van der Waals surface area contributed by atoms with Gasteiger partial charge in [-0.2, -0.15) is 0 Å². The number of hydrogen-bond donors (Lipinski definition) is 3. The Bertz CT molecular complexity index is 1230. The van der Waals surface area contributed by atoms with E-state index in [1.807, 2.05) is 0 Å². The van der Waals surface area contributed by atoms with Gasteiger partial charge in [0.2, 0.25) is 5.91 Å². The average molecular weight is 1190 g/mol. The van der Waals surface area contributed by atoms with E-state index in [1.54, 1.807) is 0 Å². The lowest BCUT2D eigenvalue weighted by Crippen LogP contribution is -2.45. The molecule has 0 aliphatic rings. The summed E-state index contributed by atoms with van der Waals surface area (Å²) in [5.41, 5.74) is 0. The molecule has 0 aromatic rings. The standard InChI is InChI=1S/C78H155NO5/c1-3-5-7-9-11-13-15-17-19-21-39-42-46-50-54-58-62-66-70-76(81)75(74-80)79-77(82)71-67-63-59-55-51-47-43-40-36-34-32-30-28-26-24-22-23-25-27-29-31-33-35-37-41-45-49-53-57-61-65-69-73-84-78(83)72-68-64-60-56-52-48-44-38-20-18-16-14-12-10-8-6-4-2/h75-76,80-81H,3-74H2,1-2H3,(H,79,82). The molecule has 502 valence electrons. The topological polar surface area (TPSA) is 95.9 Å².